The Balaban J connectivity index is 2.32. The van der Waals surface area contributed by atoms with Gasteiger partial charge in [0.2, 0.25) is 0 Å². The fraction of sp³-hybridized carbons (Fsp3) is 0.667. The van der Waals surface area contributed by atoms with E-state index in [9.17, 15) is 0 Å². The zero-order chi connectivity index (χ0) is 3.54. The van der Waals surface area contributed by atoms with Crippen molar-refractivity contribution in [3.8, 4) is 0 Å². The quantitative estimate of drug-likeness (QED) is 0.354. The molecule has 0 spiro atoms. The molecule has 0 radical (unpaired) electrons. The maximum Gasteiger partial charge on any atom is 0.00631 e. The van der Waals surface area contributed by atoms with Crippen molar-refractivity contribution in [2.24, 2.45) is 0 Å². The van der Waals surface area contributed by atoms with Crippen LogP contribution in [0.2, 0.25) is 0 Å². The largest absolute Gasteiger partial charge is 0.193 e. The summed E-state index contributed by atoms with van der Waals surface area (Å²) < 4.78 is 2.25. The summed E-state index contributed by atoms with van der Waals surface area (Å²) in [6.45, 7) is 0. The van der Waals surface area contributed by atoms with Crippen molar-refractivity contribution in [3.63, 3.8) is 0 Å². The lowest BCUT2D eigenvalue weighted by Crippen LogP contribution is -1.65. The lowest BCUT2D eigenvalue weighted by molar-refractivity contribution is 1.59. The van der Waals surface area contributed by atoms with Gasteiger partial charge in [-0.25, -0.2) is 0 Å². The van der Waals surface area contributed by atoms with E-state index in [-0.39, 0.29) is 0 Å². The molecule has 0 aliphatic carbocycles. The van der Waals surface area contributed by atoms with Crippen molar-refractivity contribution < 1.29 is 0 Å². The number of thioether (sulfide) groups is 1. The van der Waals surface area contributed by atoms with Gasteiger partial charge in [0, 0.05) is 5.75 Å². The van der Waals surface area contributed by atoms with E-state index in [0.717, 1.165) is 0 Å². The van der Waals surface area contributed by atoms with Crippen molar-refractivity contribution in [1.82, 2.24) is 0 Å². The van der Waals surface area contributed by atoms with Gasteiger partial charge in [-0.1, -0.05) is 0 Å². The molecule has 0 fully saturated rings. The van der Waals surface area contributed by atoms with Gasteiger partial charge < -0.3 is 0 Å². The minimum atomic E-state index is 1.35. The molecule has 5 heavy (non-hydrogen) atoms. The first kappa shape index (κ1) is 3.75. The van der Waals surface area contributed by atoms with Gasteiger partial charge in [-0.05, 0) is 10.5 Å². The molecule has 0 atom stereocenters. The Bertz CT molecular complexity index is 42.9. The van der Waals surface area contributed by atoms with Crippen LogP contribution in [0.15, 0.2) is 0 Å². The van der Waals surface area contributed by atoms with Gasteiger partial charge in [0.1, 0.15) is 0 Å². The van der Waals surface area contributed by atoms with Gasteiger partial charge in [0.25, 0.3) is 0 Å². The van der Waals surface area contributed by atoms with Crippen LogP contribution in [0.1, 0.15) is 0 Å². The van der Waals surface area contributed by atoms with Gasteiger partial charge in [-0.15, -0.1) is 11.8 Å². The Morgan fingerprint density at radius 3 is 3.00 bits per heavy atom. The molecule has 1 aliphatic heterocycles. The van der Waals surface area contributed by atoms with Crippen LogP contribution in [-0.2, 0) is 0 Å². The molecule has 0 N–H and O–H groups in total. The fourth-order valence-corrected chi connectivity index (χ4v) is 2.37. The molecule has 1 heterocycles. The number of hydrogen-bond acceptors (Lipinski definition) is 1. The second kappa shape index (κ2) is 1.88. The second-order valence-electron chi connectivity index (χ2n) is 0.882. The average molecular weight is 106 g/mol. The molecule has 0 bridgehead atoms. The predicted octanol–water partition coefficient (Wildman–Crippen LogP) is 0.958. The third-order valence-electron chi connectivity index (χ3n) is 0.487. The van der Waals surface area contributed by atoms with Crippen molar-refractivity contribution in [1.29, 1.82) is 0 Å². The minimum Gasteiger partial charge on any atom is -0.193 e. The standard InChI is InChI=1S/C3H6S2/c1-2-5-3-4-1/h3-4H,1-2H2. The van der Waals surface area contributed by atoms with Gasteiger partial charge in [-0.3, -0.25) is 0 Å². The normalized spacial score (nSPS) is 22.4. The summed E-state index contributed by atoms with van der Waals surface area (Å²) in [5.41, 5.74) is 0. The van der Waals surface area contributed by atoms with Crippen LogP contribution in [0.5, 0.6) is 0 Å². The second-order valence-corrected chi connectivity index (χ2v) is 3.28. The molecule has 0 saturated carbocycles. The molecule has 0 nitrogen and oxygen atoms in total. The summed E-state index contributed by atoms with van der Waals surface area (Å²) in [6.07, 6.45) is 0. The first-order chi connectivity index (χ1) is 2.50. The maximum atomic E-state index is 2.25. The average Bonchev–Trinajstić information content (AvgIpc) is 1.76. The van der Waals surface area contributed by atoms with Crippen LogP contribution in [0.3, 0.4) is 0 Å². The lowest BCUT2D eigenvalue weighted by atomic mass is 11.0. The minimum absolute atomic E-state index is 1.35. The van der Waals surface area contributed by atoms with E-state index < -0.39 is 0 Å². The number of hydrogen-bond donors (Lipinski definition) is 1. The molecule has 0 unspecified atom stereocenters. The van der Waals surface area contributed by atoms with Crippen LogP contribution in [0, 0.1) is 0 Å². The van der Waals surface area contributed by atoms with Crippen LogP contribution in [-0.4, -0.2) is 16.2 Å². The topological polar surface area (TPSA) is 0 Å². The fourth-order valence-electron chi connectivity index (χ4n) is 0.264. The highest BCUT2D eigenvalue weighted by atomic mass is 32.2. The van der Waals surface area contributed by atoms with Gasteiger partial charge in [-0.2, -0.15) is 11.4 Å². The van der Waals surface area contributed by atoms with Crippen LogP contribution in [0.25, 0.3) is 0 Å². The monoisotopic (exact) mass is 106 g/mol. The molecular weight excluding hydrogens is 100 g/mol. The Kier molecular flexibility index (Phi) is 1.41. The molecule has 1 rings (SSSR count). The first-order valence-corrected chi connectivity index (χ1v) is 3.80. The zero-order valence-corrected chi connectivity index (χ0v) is 4.56. The van der Waals surface area contributed by atoms with Gasteiger partial charge >= 0.3 is 0 Å². The summed E-state index contributed by atoms with van der Waals surface area (Å²) in [7, 11) is 0. The molecule has 0 aromatic rings. The summed E-state index contributed by atoms with van der Waals surface area (Å²) in [6, 6.07) is 0. The van der Waals surface area contributed by atoms with E-state index in [1.54, 1.807) is 0 Å². The molecule has 0 amide bonds. The molecular formula is C3H6S2. The molecule has 2 heteroatoms. The molecule has 0 saturated heterocycles. The summed E-state index contributed by atoms with van der Waals surface area (Å²) >= 11 is 3.47. The van der Waals surface area contributed by atoms with Crippen molar-refractivity contribution in [2.75, 3.05) is 11.5 Å². The maximum absolute atomic E-state index is 2.25. The third kappa shape index (κ3) is 0.973. The van der Waals surface area contributed by atoms with E-state index in [1.165, 1.54) is 22.9 Å². The van der Waals surface area contributed by atoms with E-state index in [1.807, 2.05) is 11.8 Å². The van der Waals surface area contributed by atoms with Crippen molar-refractivity contribution in [2.45, 2.75) is 0 Å². The Hall–Kier alpha value is 0.570. The van der Waals surface area contributed by atoms with Crippen LogP contribution >= 0.6 is 23.1 Å². The summed E-state index contributed by atoms with van der Waals surface area (Å²) in [4.78, 5) is 0. The highest BCUT2D eigenvalue weighted by molar-refractivity contribution is 8.27. The molecule has 0 aromatic heterocycles. The van der Waals surface area contributed by atoms with Crippen molar-refractivity contribution in [3.05, 3.63) is 0 Å². The van der Waals surface area contributed by atoms with E-state index >= 15 is 0 Å². The third-order valence-corrected chi connectivity index (χ3v) is 2.90. The first-order valence-electron chi connectivity index (χ1n) is 1.60. The summed E-state index contributed by atoms with van der Waals surface area (Å²) in [5.74, 6) is 2.73. The zero-order valence-electron chi connectivity index (χ0n) is 2.85. The SMILES string of the molecule is C1=[SH]CCS1. The lowest BCUT2D eigenvalue weighted by Gasteiger charge is -1.69. The van der Waals surface area contributed by atoms with Gasteiger partial charge in [0.05, 0.1) is 0 Å². The van der Waals surface area contributed by atoms with E-state index in [4.69, 9.17) is 0 Å². The number of rotatable bonds is 0. The van der Waals surface area contributed by atoms with Crippen LogP contribution in [0.4, 0.5) is 0 Å². The molecule has 1 aliphatic rings. The Morgan fingerprint density at radius 2 is 2.80 bits per heavy atom. The van der Waals surface area contributed by atoms with Crippen molar-refractivity contribution >= 4 is 27.8 Å². The smallest absolute Gasteiger partial charge is 0.00631 e. The molecule has 0 aromatic carbocycles. The van der Waals surface area contributed by atoms with Crippen LogP contribution < -0.4 is 0 Å². The van der Waals surface area contributed by atoms with E-state index in [0.29, 0.717) is 0 Å². The Labute approximate surface area is 39.9 Å². The Morgan fingerprint density at radius 1 is 1.80 bits per heavy atom. The number of thiol groups is 1. The van der Waals surface area contributed by atoms with E-state index in [2.05, 4.69) is 4.70 Å². The molecule has 30 valence electrons. The highest BCUT2D eigenvalue weighted by Gasteiger charge is 1.84. The predicted molar refractivity (Wildman–Crippen MR) is 32.4 cm³/mol. The summed E-state index contributed by atoms with van der Waals surface area (Å²) in [5, 5.41) is 0. The highest BCUT2D eigenvalue weighted by Crippen LogP contribution is 2.07. The van der Waals surface area contributed by atoms with Gasteiger partial charge in [0.15, 0.2) is 0 Å².